The third kappa shape index (κ3) is 5.94. The third-order valence-electron chi connectivity index (χ3n) is 4.11. The first-order valence-electron chi connectivity index (χ1n) is 9.52. The summed E-state index contributed by atoms with van der Waals surface area (Å²) in [6.45, 7) is 4.79. The van der Waals surface area contributed by atoms with Crippen LogP contribution in [-0.4, -0.2) is 18.4 Å². The smallest absolute Gasteiger partial charge is 0.255 e. The van der Waals surface area contributed by atoms with Crippen LogP contribution in [0.25, 0.3) is 0 Å². The fourth-order valence-corrected chi connectivity index (χ4v) is 2.63. The molecule has 0 aliphatic heterocycles. The normalized spacial score (nSPS) is 10.4. The number of anilines is 2. The maximum atomic E-state index is 12.5. The zero-order chi connectivity index (χ0) is 20.6. The summed E-state index contributed by atoms with van der Waals surface area (Å²) in [4.78, 5) is 24.9. The minimum absolute atomic E-state index is 0.237. The Kier molecular flexibility index (Phi) is 6.63. The van der Waals surface area contributed by atoms with Crippen LogP contribution in [0.2, 0.25) is 0 Å². The molecule has 0 unspecified atom stereocenters. The van der Waals surface area contributed by atoms with Crippen LogP contribution in [0.1, 0.15) is 34.6 Å². The van der Waals surface area contributed by atoms with Gasteiger partial charge in [-0.25, -0.2) is 0 Å². The number of amides is 2. The summed E-state index contributed by atoms with van der Waals surface area (Å²) in [5.74, 6) is 0.680. The third-order valence-corrected chi connectivity index (χ3v) is 4.11. The highest BCUT2D eigenvalue weighted by atomic mass is 16.5. The van der Waals surface area contributed by atoms with Crippen LogP contribution >= 0.6 is 0 Å². The van der Waals surface area contributed by atoms with Gasteiger partial charge in [0.05, 0.1) is 6.61 Å². The zero-order valence-electron chi connectivity index (χ0n) is 16.5. The van der Waals surface area contributed by atoms with Crippen molar-refractivity contribution in [3.63, 3.8) is 0 Å². The average Bonchev–Trinajstić information content (AvgIpc) is 2.73. The minimum Gasteiger partial charge on any atom is -0.493 e. The fraction of sp³-hybridized carbons (Fsp3) is 0.167. The molecule has 3 aromatic carbocycles. The number of carbonyl (C=O) groups excluding carboxylic acids is 2. The van der Waals surface area contributed by atoms with Crippen molar-refractivity contribution in [2.75, 3.05) is 17.2 Å². The van der Waals surface area contributed by atoms with Crippen LogP contribution < -0.4 is 15.4 Å². The van der Waals surface area contributed by atoms with Crippen LogP contribution in [-0.2, 0) is 0 Å². The number of para-hydroxylation sites is 1. The van der Waals surface area contributed by atoms with E-state index in [-0.39, 0.29) is 11.8 Å². The molecule has 3 aromatic rings. The van der Waals surface area contributed by atoms with Crippen molar-refractivity contribution in [3.05, 3.63) is 90.0 Å². The highest BCUT2D eigenvalue weighted by Gasteiger charge is 2.10. The molecule has 2 N–H and O–H groups in total. The molecule has 2 amide bonds. The van der Waals surface area contributed by atoms with E-state index in [1.165, 1.54) is 0 Å². The second-order valence-electron chi connectivity index (χ2n) is 7.08. The molecule has 0 aliphatic carbocycles. The monoisotopic (exact) mass is 388 g/mol. The van der Waals surface area contributed by atoms with Gasteiger partial charge in [0.15, 0.2) is 0 Å². The van der Waals surface area contributed by atoms with Crippen LogP contribution in [0, 0.1) is 5.92 Å². The number of benzene rings is 3. The number of ether oxygens (including phenoxy) is 1. The molecular weight excluding hydrogens is 364 g/mol. The molecule has 148 valence electrons. The topological polar surface area (TPSA) is 67.4 Å². The summed E-state index contributed by atoms with van der Waals surface area (Å²) in [5.41, 5.74) is 2.24. The highest BCUT2D eigenvalue weighted by Crippen LogP contribution is 2.17. The molecule has 0 aromatic heterocycles. The summed E-state index contributed by atoms with van der Waals surface area (Å²) in [6, 6.07) is 23.1. The van der Waals surface area contributed by atoms with E-state index in [2.05, 4.69) is 24.5 Å². The zero-order valence-corrected chi connectivity index (χ0v) is 16.5. The first-order chi connectivity index (χ1) is 14.0. The van der Waals surface area contributed by atoms with Gasteiger partial charge < -0.3 is 15.4 Å². The highest BCUT2D eigenvalue weighted by molar-refractivity contribution is 6.07. The Hall–Kier alpha value is -3.60. The summed E-state index contributed by atoms with van der Waals surface area (Å²) in [5, 5.41) is 5.66. The quantitative estimate of drug-likeness (QED) is 0.583. The molecule has 0 fully saturated rings. The van der Waals surface area contributed by atoms with Crippen LogP contribution in [0.3, 0.4) is 0 Å². The van der Waals surface area contributed by atoms with Gasteiger partial charge in [-0.15, -0.1) is 0 Å². The van der Waals surface area contributed by atoms with Crippen LogP contribution in [0.4, 0.5) is 11.4 Å². The number of rotatable bonds is 7. The van der Waals surface area contributed by atoms with Crippen LogP contribution in [0.15, 0.2) is 78.9 Å². The number of carbonyl (C=O) groups is 2. The van der Waals surface area contributed by atoms with E-state index in [1.54, 1.807) is 48.5 Å². The number of nitrogens with one attached hydrogen (secondary N) is 2. The first-order valence-corrected chi connectivity index (χ1v) is 9.52. The summed E-state index contributed by atoms with van der Waals surface area (Å²) in [6.07, 6.45) is 0. The van der Waals surface area contributed by atoms with Gasteiger partial charge in [-0.2, -0.15) is 0 Å². The maximum Gasteiger partial charge on any atom is 0.255 e. The molecule has 0 bridgehead atoms. The van der Waals surface area contributed by atoms with Gasteiger partial charge in [0.1, 0.15) is 5.75 Å². The molecule has 5 nitrogen and oxygen atoms in total. The first kappa shape index (κ1) is 20.1. The second-order valence-corrected chi connectivity index (χ2v) is 7.08. The molecule has 5 heteroatoms. The lowest BCUT2D eigenvalue weighted by Crippen LogP contribution is -2.14. The lowest BCUT2D eigenvalue weighted by Gasteiger charge is -2.10. The predicted molar refractivity (Wildman–Crippen MR) is 116 cm³/mol. The Morgan fingerprint density at radius 2 is 1.38 bits per heavy atom. The lowest BCUT2D eigenvalue weighted by atomic mass is 10.1. The summed E-state index contributed by atoms with van der Waals surface area (Å²) >= 11 is 0. The van der Waals surface area contributed by atoms with E-state index in [4.69, 9.17) is 4.74 Å². The second kappa shape index (κ2) is 9.55. The number of hydrogen-bond acceptors (Lipinski definition) is 3. The molecular formula is C24H24N2O3. The Labute approximate surface area is 170 Å². The van der Waals surface area contributed by atoms with Gasteiger partial charge in [0.2, 0.25) is 0 Å². The standard InChI is InChI=1S/C24H24N2O3/c1-17(2)16-29-22-13-11-18(12-14-22)23(27)26-21-10-6-7-19(15-21)24(28)25-20-8-4-3-5-9-20/h3-15,17H,16H2,1-2H3,(H,25,28)(H,26,27). The van der Waals surface area contributed by atoms with E-state index >= 15 is 0 Å². The van der Waals surface area contributed by atoms with Crippen molar-refractivity contribution in [3.8, 4) is 5.75 Å². The molecule has 0 heterocycles. The minimum atomic E-state index is -0.249. The van der Waals surface area contributed by atoms with Crippen molar-refractivity contribution in [1.29, 1.82) is 0 Å². The van der Waals surface area contributed by atoms with Crippen molar-refractivity contribution in [2.24, 2.45) is 5.92 Å². The van der Waals surface area contributed by atoms with Gasteiger partial charge in [0.25, 0.3) is 11.8 Å². The summed E-state index contributed by atoms with van der Waals surface area (Å²) < 4.78 is 5.64. The molecule has 29 heavy (non-hydrogen) atoms. The largest absolute Gasteiger partial charge is 0.493 e. The number of hydrogen-bond donors (Lipinski definition) is 2. The van der Waals surface area contributed by atoms with Gasteiger partial charge in [-0.3, -0.25) is 9.59 Å². The molecule has 0 saturated carbocycles. The average molecular weight is 388 g/mol. The molecule has 0 saturated heterocycles. The van der Waals surface area contributed by atoms with Crippen molar-refractivity contribution >= 4 is 23.2 Å². The lowest BCUT2D eigenvalue weighted by molar-refractivity contribution is 0.101. The Morgan fingerprint density at radius 1 is 0.759 bits per heavy atom. The predicted octanol–water partition coefficient (Wildman–Crippen LogP) is 5.23. The molecule has 0 atom stereocenters. The van der Waals surface area contributed by atoms with Crippen molar-refractivity contribution in [1.82, 2.24) is 0 Å². The Balaban J connectivity index is 1.63. The van der Waals surface area contributed by atoms with Gasteiger partial charge >= 0.3 is 0 Å². The van der Waals surface area contributed by atoms with Gasteiger partial charge in [-0.05, 0) is 60.5 Å². The van der Waals surface area contributed by atoms with E-state index in [1.807, 2.05) is 30.3 Å². The van der Waals surface area contributed by atoms with Crippen molar-refractivity contribution in [2.45, 2.75) is 13.8 Å². The molecule has 0 spiro atoms. The molecule has 0 radical (unpaired) electrons. The van der Waals surface area contributed by atoms with E-state index < -0.39 is 0 Å². The summed E-state index contributed by atoms with van der Waals surface area (Å²) in [7, 11) is 0. The SMILES string of the molecule is CC(C)COc1ccc(C(=O)Nc2cccc(C(=O)Nc3ccccc3)c2)cc1. The van der Waals surface area contributed by atoms with E-state index in [9.17, 15) is 9.59 Å². The Morgan fingerprint density at radius 3 is 2.07 bits per heavy atom. The molecule has 0 aliphatic rings. The van der Waals surface area contributed by atoms with Crippen molar-refractivity contribution < 1.29 is 14.3 Å². The van der Waals surface area contributed by atoms with Crippen LogP contribution in [0.5, 0.6) is 5.75 Å². The fourth-order valence-electron chi connectivity index (χ4n) is 2.63. The van der Waals surface area contributed by atoms with Gasteiger partial charge in [-0.1, -0.05) is 38.1 Å². The van der Waals surface area contributed by atoms with E-state index in [0.717, 1.165) is 5.75 Å². The molecule has 3 rings (SSSR count). The maximum absolute atomic E-state index is 12.5. The Bertz CT molecular complexity index is 967. The van der Waals surface area contributed by atoms with E-state index in [0.29, 0.717) is 35.0 Å². The van der Waals surface area contributed by atoms with Gasteiger partial charge in [0, 0.05) is 22.5 Å².